The van der Waals surface area contributed by atoms with Crippen LogP contribution in [0.1, 0.15) is 19.3 Å². The van der Waals surface area contributed by atoms with Crippen molar-refractivity contribution in [3.05, 3.63) is 6.20 Å². The van der Waals surface area contributed by atoms with E-state index in [0.717, 1.165) is 31.0 Å². The first-order chi connectivity index (χ1) is 8.72. The molecule has 0 spiro atoms. The highest BCUT2D eigenvalue weighted by atomic mass is 32.1. The smallest absolute Gasteiger partial charge is 0.320 e. The van der Waals surface area contributed by atoms with Gasteiger partial charge in [-0.25, -0.2) is 4.79 Å². The molecule has 4 atom stereocenters. The number of carbonyl (C=O) groups is 1. The maximum absolute atomic E-state index is 11.6. The molecule has 98 valence electrons. The second-order valence-electron chi connectivity index (χ2n) is 5.18. The zero-order valence-corrected chi connectivity index (χ0v) is 10.7. The van der Waals surface area contributed by atoms with Crippen LogP contribution in [0, 0.1) is 17.8 Å². The van der Waals surface area contributed by atoms with Crippen LogP contribution in [-0.2, 0) is 0 Å². The number of aliphatic hydroxyl groups is 1. The molecule has 1 aromatic heterocycles. The van der Waals surface area contributed by atoms with E-state index in [2.05, 4.69) is 19.4 Å². The number of fused-ring (bicyclic) bond motifs is 2. The van der Waals surface area contributed by atoms with Crippen molar-refractivity contribution in [1.29, 1.82) is 0 Å². The van der Waals surface area contributed by atoms with Crippen molar-refractivity contribution in [1.82, 2.24) is 14.1 Å². The van der Waals surface area contributed by atoms with Crippen molar-refractivity contribution in [2.45, 2.75) is 25.4 Å². The second-order valence-corrected chi connectivity index (χ2v) is 5.74. The van der Waals surface area contributed by atoms with Crippen LogP contribution in [0.4, 0.5) is 10.6 Å². The van der Waals surface area contributed by atoms with E-state index >= 15 is 0 Å². The van der Waals surface area contributed by atoms with Crippen molar-refractivity contribution in [3.8, 4) is 0 Å². The van der Waals surface area contributed by atoms with Crippen LogP contribution in [0.5, 0.6) is 0 Å². The van der Waals surface area contributed by atoms with Gasteiger partial charge in [0.25, 0.3) is 0 Å². The molecule has 0 radical (unpaired) electrons. The summed E-state index contributed by atoms with van der Waals surface area (Å²) >= 11 is 1.06. The van der Waals surface area contributed by atoms with Crippen LogP contribution in [0.3, 0.4) is 0 Å². The molecule has 1 aromatic rings. The summed E-state index contributed by atoms with van der Waals surface area (Å²) in [6.07, 6.45) is 4.46. The lowest BCUT2D eigenvalue weighted by molar-refractivity contribution is 0.0954. The molecule has 0 saturated heterocycles. The Morgan fingerprint density at radius 3 is 2.94 bits per heavy atom. The predicted octanol–water partition coefficient (Wildman–Crippen LogP) is 1.07. The van der Waals surface area contributed by atoms with Gasteiger partial charge in [-0.1, -0.05) is 0 Å². The molecular formula is C11H16N4O2S. The second kappa shape index (κ2) is 4.81. The monoisotopic (exact) mass is 268 g/mol. The fraction of sp³-hybridized carbons (Fsp3) is 0.727. The molecule has 2 saturated carbocycles. The van der Waals surface area contributed by atoms with Gasteiger partial charge in [0.15, 0.2) is 5.82 Å². The molecule has 0 aliphatic heterocycles. The molecule has 1 heterocycles. The summed E-state index contributed by atoms with van der Waals surface area (Å²) in [4.78, 5) is 11.6. The number of aliphatic hydroxyl groups excluding tert-OH is 1. The fourth-order valence-electron chi connectivity index (χ4n) is 3.22. The van der Waals surface area contributed by atoms with Crippen molar-refractivity contribution in [2.24, 2.45) is 17.8 Å². The lowest BCUT2D eigenvalue weighted by Crippen LogP contribution is -2.36. The zero-order chi connectivity index (χ0) is 12.5. The summed E-state index contributed by atoms with van der Waals surface area (Å²) in [5.74, 6) is 2.03. The molecule has 2 bridgehead atoms. The van der Waals surface area contributed by atoms with Gasteiger partial charge in [0.05, 0.1) is 24.0 Å². The third-order valence-electron chi connectivity index (χ3n) is 4.09. The predicted molar refractivity (Wildman–Crippen MR) is 67.3 cm³/mol. The number of urea groups is 1. The molecule has 2 aliphatic carbocycles. The van der Waals surface area contributed by atoms with Gasteiger partial charge in [-0.05, 0) is 37.0 Å². The Morgan fingerprint density at radius 1 is 1.44 bits per heavy atom. The van der Waals surface area contributed by atoms with E-state index in [9.17, 15) is 9.90 Å². The van der Waals surface area contributed by atoms with Gasteiger partial charge in [0, 0.05) is 6.54 Å². The molecule has 2 amide bonds. The van der Waals surface area contributed by atoms with Crippen LogP contribution in [0.2, 0.25) is 0 Å². The molecular weight excluding hydrogens is 252 g/mol. The Balaban J connectivity index is 1.44. The number of hydrogen-bond donors (Lipinski definition) is 3. The minimum absolute atomic E-state index is 0.110. The van der Waals surface area contributed by atoms with Crippen molar-refractivity contribution >= 4 is 23.6 Å². The number of aromatic nitrogens is 2. The Morgan fingerprint density at radius 2 is 2.33 bits per heavy atom. The van der Waals surface area contributed by atoms with Gasteiger partial charge in [-0.2, -0.15) is 8.75 Å². The Kier molecular flexibility index (Phi) is 3.17. The van der Waals surface area contributed by atoms with Crippen LogP contribution in [0.15, 0.2) is 6.20 Å². The van der Waals surface area contributed by atoms with Crippen LogP contribution >= 0.6 is 11.7 Å². The average Bonchev–Trinajstić information content (AvgIpc) is 3.02. The van der Waals surface area contributed by atoms with Gasteiger partial charge < -0.3 is 10.4 Å². The van der Waals surface area contributed by atoms with E-state index in [0.29, 0.717) is 30.1 Å². The Hall–Kier alpha value is -1.21. The first-order valence-corrected chi connectivity index (χ1v) is 6.96. The fourth-order valence-corrected chi connectivity index (χ4v) is 3.59. The number of amides is 2. The van der Waals surface area contributed by atoms with E-state index < -0.39 is 0 Å². The standard InChI is InChI=1S/C11H16N4O2S/c16-9-3-6-1-7(9)2-8(6)4-12-11(17)14-10-5-13-18-15-10/h5-9,16H,1-4H2,(H2,12,14,15,17)/t6-,7-,8+,9-/m1/s1. The van der Waals surface area contributed by atoms with Crippen LogP contribution in [0.25, 0.3) is 0 Å². The highest BCUT2D eigenvalue weighted by Gasteiger charge is 2.44. The van der Waals surface area contributed by atoms with Crippen molar-refractivity contribution in [2.75, 3.05) is 11.9 Å². The lowest BCUT2D eigenvalue weighted by atomic mass is 9.87. The topological polar surface area (TPSA) is 87.1 Å². The van der Waals surface area contributed by atoms with Gasteiger partial charge in [0.2, 0.25) is 0 Å². The molecule has 0 aromatic carbocycles. The van der Waals surface area contributed by atoms with Crippen LogP contribution < -0.4 is 10.6 Å². The molecule has 18 heavy (non-hydrogen) atoms. The number of nitrogens with zero attached hydrogens (tertiary/aromatic N) is 2. The van der Waals surface area contributed by atoms with E-state index in [1.54, 1.807) is 0 Å². The summed E-state index contributed by atoms with van der Waals surface area (Å²) in [7, 11) is 0. The zero-order valence-electron chi connectivity index (χ0n) is 9.87. The number of nitrogens with one attached hydrogen (secondary N) is 2. The van der Waals surface area contributed by atoms with E-state index in [4.69, 9.17) is 0 Å². The van der Waals surface area contributed by atoms with Gasteiger partial charge in [-0.15, -0.1) is 0 Å². The molecule has 6 nitrogen and oxygen atoms in total. The molecule has 2 fully saturated rings. The Bertz CT molecular complexity index is 423. The highest BCUT2D eigenvalue weighted by Crippen LogP contribution is 2.48. The summed E-state index contributed by atoms with van der Waals surface area (Å²) in [6, 6.07) is -0.231. The summed E-state index contributed by atoms with van der Waals surface area (Å²) in [5, 5.41) is 15.2. The minimum atomic E-state index is -0.231. The molecule has 0 unspecified atom stereocenters. The first kappa shape index (κ1) is 11.9. The van der Waals surface area contributed by atoms with Gasteiger partial charge in [-0.3, -0.25) is 5.32 Å². The minimum Gasteiger partial charge on any atom is -0.393 e. The maximum atomic E-state index is 11.6. The van der Waals surface area contributed by atoms with E-state index in [1.807, 2.05) is 0 Å². The van der Waals surface area contributed by atoms with Gasteiger partial charge >= 0.3 is 6.03 Å². The summed E-state index contributed by atoms with van der Waals surface area (Å²) < 4.78 is 7.72. The number of carbonyl (C=O) groups excluding carboxylic acids is 1. The summed E-state index contributed by atoms with van der Waals surface area (Å²) in [6.45, 7) is 0.678. The normalized spacial score (nSPS) is 33.6. The molecule has 3 rings (SSSR count). The molecule has 2 aliphatic rings. The molecule has 3 N–H and O–H groups in total. The maximum Gasteiger partial charge on any atom is 0.320 e. The quantitative estimate of drug-likeness (QED) is 0.765. The lowest BCUT2D eigenvalue weighted by Gasteiger charge is -2.24. The van der Waals surface area contributed by atoms with Crippen molar-refractivity contribution < 1.29 is 9.90 Å². The Labute approximate surface area is 109 Å². The van der Waals surface area contributed by atoms with Crippen molar-refractivity contribution in [3.63, 3.8) is 0 Å². The SMILES string of the molecule is O=C(NC[C@@H]1C[C@H]2C[C@@H]1C[C@H]2O)Nc1cnsn1. The van der Waals surface area contributed by atoms with Crippen LogP contribution in [-0.4, -0.2) is 32.5 Å². The average molecular weight is 268 g/mol. The molecule has 7 heteroatoms. The first-order valence-electron chi connectivity index (χ1n) is 6.23. The van der Waals surface area contributed by atoms with Gasteiger partial charge in [0.1, 0.15) is 0 Å². The number of hydrogen-bond acceptors (Lipinski definition) is 5. The third-order valence-corrected chi connectivity index (χ3v) is 4.57. The third kappa shape index (κ3) is 2.32. The van der Waals surface area contributed by atoms with E-state index in [1.165, 1.54) is 6.20 Å². The number of anilines is 1. The summed E-state index contributed by atoms with van der Waals surface area (Å²) in [5.41, 5.74) is 0. The van der Waals surface area contributed by atoms with E-state index in [-0.39, 0.29) is 12.1 Å². The number of rotatable bonds is 3. The largest absolute Gasteiger partial charge is 0.393 e. The highest BCUT2D eigenvalue weighted by molar-refractivity contribution is 6.99.